The third-order valence-corrected chi connectivity index (χ3v) is 4.73. The minimum Gasteiger partial charge on any atom is -0.369 e. The highest BCUT2D eigenvalue weighted by molar-refractivity contribution is 9.10. The molecule has 1 aliphatic rings. The van der Waals surface area contributed by atoms with Gasteiger partial charge in [-0.2, -0.15) is 0 Å². The van der Waals surface area contributed by atoms with E-state index in [4.69, 9.17) is 0 Å². The maximum atomic E-state index is 3.63. The van der Waals surface area contributed by atoms with Gasteiger partial charge in [0.1, 0.15) is 0 Å². The first-order valence-corrected chi connectivity index (χ1v) is 8.67. The van der Waals surface area contributed by atoms with E-state index >= 15 is 0 Å². The maximum absolute atomic E-state index is 3.63. The van der Waals surface area contributed by atoms with Crippen molar-refractivity contribution in [3.8, 4) is 0 Å². The molecule has 0 saturated carbocycles. The van der Waals surface area contributed by atoms with E-state index in [9.17, 15) is 0 Å². The van der Waals surface area contributed by atoms with Gasteiger partial charge in [-0.15, -0.1) is 0 Å². The molecule has 1 heterocycles. The monoisotopic (exact) mass is 338 g/mol. The number of anilines is 1. The molecule has 2 atom stereocenters. The third-order valence-electron chi connectivity index (χ3n) is 4.24. The fourth-order valence-corrected chi connectivity index (χ4v) is 3.47. The second-order valence-electron chi connectivity index (χ2n) is 6.12. The van der Waals surface area contributed by atoms with Crippen LogP contribution in [0.25, 0.3) is 0 Å². The summed E-state index contributed by atoms with van der Waals surface area (Å²) in [6.45, 7) is 10.2. The Morgan fingerprint density at radius 1 is 1.35 bits per heavy atom. The molecule has 2 nitrogen and oxygen atoms in total. The van der Waals surface area contributed by atoms with Crippen LogP contribution in [-0.2, 0) is 6.54 Å². The fourth-order valence-electron chi connectivity index (χ4n) is 3.12. The smallest absolute Gasteiger partial charge is 0.0425 e. The van der Waals surface area contributed by atoms with Crippen molar-refractivity contribution in [2.45, 2.75) is 52.6 Å². The van der Waals surface area contributed by atoms with Gasteiger partial charge >= 0.3 is 0 Å². The van der Waals surface area contributed by atoms with Crippen molar-refractivity contribution in [2.24, 2.45) is 5.92 Å². The van der Waals surface area contributed by atoms with Crippen LogP contribution in [0.5, 0.6) is 0 Å². The third kappa shape index (κ3) is 3.98. The highest BCUT2D eigenvalue weighted by atomic mass is 79.9. The predicted octanol–water partition coefficient (Wildman–Crippen LogP) is 4.57. The van der Waals surface area contributed by atoms with Crippen molar-refractivity contribution in [1.29, 1.82) is 0 Å². The van der Waals surface area contributed by atoms with E-state index < -0.39 is 0 Å². The summed E-state index contributed by atoms with van der Waals surface area (Å²) in [6, 6.07) is 7.34. The van der Waals surface area contributed by atoms with Gasteiger partial charge in [-0.05, 0) is 56.3 Å². The van der Waals surface area contributed by atoms with Crippen LogP contribution in [0.1, 0.15) is 45.6 Å². The lowest BCUT2D eigenvalue weighted by Gasteiger charge is -2.39. The van der Waals surface area contributed by atoms with Crippen LogP contribution in [0.15, 0.2) is 22.7 Å². The predicted molar refractivity (Wildman–Crippen MR) is 91.3 cm³/mol. The average Bonchev–Trinajstić information content (AvgIpc) is 2.41. The molecule has 0 radical (unpaired) electrons. The number of hydrogen-bond acceptors (Lipinski definition) is 2. The van der Waals surface area contributed by atoms with Crippen LogP contribution in [0, 0.1) is 5.92 Å². The molecule has 0 amide bonds. The summed E-state index contributed by atoms with van der Waals surface area (Å²) in [6.07, 6.45) is 3.79. The molecule has 112 valence electrons. The largest absolute Gasteiger partial charge is 0.369 e. The molecule has 1 aromatic carbocycles. The molecule has 2 unspecified atom stereocenters. The van der Waals surface area contributed by atoms with Gasteiger partial charge < -0.3 is 10.2 Å². The van der Waals surface area contributed by atoms with Crippen LogP contribution >= 0.6 is 15.9 Å². The molecule has 0 spiro atoms. The number of nitrogens with zero attached hydrogens (tertiary/aromatic N) is 1. The van der Waals surface area contributed by atoms with E-state index in [1.54, 1.807) is 0 Å². The Bertz CT molecular complexity index is 433. The van der Waals surface area contributed by atoms with Crippen molar-refractivity contribution in [3.63, 3.8) is 0 Å². The summed E-state index contributed by atoms with van der Waals surface area (Å²) in [7, 11) is 0. The molecule has 0 aromatic heterocycles. The molecule has 1 N–H and O–H groups in total. The van der Waals surface area contributed by atoms with E-state index in [1.807, 2.05) is 0 Å². The SMILES string of the molecule is CCCNCc1ccc(Br)cc1N1CCC(C)CC1C. The Morgan fingerprint density at radius 2 is 2.15 bits per heavy atom. The Labute approximate surface area is 132 Å². The summed E-state index contributed by atoms with van der Waals surface area (Å²) in [4.78, 5) is 2.59. The number of nitrogens with one attached hydrogen (secondary N) is 1. The lowest BCUT2D eigenvalue weighted by atomic mass is 9.92. The van der Waals surface area contributed by atoms with E-state index in [-0.39, 0.29) is 0 Å². The highest BCUT2D eigenvalue weighted by Crippen LogP contribution is 2.32. The molecular weight excluding hydrogens is 312 g/mol. The van der Waals surface area contributed by atoms with Gasteiger partial charge in [-0.1, -0.05) is 35.8 Å². The molecular formula is C17H27BrN2. The van der Waals surface area contributed by atoms with Gasteiger partial charge in [0.05, 0.1) is 0 Å². The standard InChI is InChI=1S/C17H27BrN2/c1-4-8-19-12-15-5-6-16(18)11-17(15)20-9-7-13(2)10-14(20)3/h5-6,11,13-14,19H,4,7-10,12H2,1-3H3. The number of halogens is 1. The van der Waals surface area contributed by atoms with Crippen molar-refractivity contribution < 1.29 is 0 Å². The Kier molecular flexibility index (Phi) is 5.91. The van der Waals surface area contributed by atoms with E-state index in [0.29, 0.717) is 6.04 Å². The molecule has 1 saturated heterocycles. The van der Waals surface area contributed by atoms with Crippen LogP contribution in [0.2, 0.25) is 0 Å². The van der Waals surface area contributed by atoms with Crippen LogP contribution < -0.4 is 10.2 Å². The van der Waals surface area contributed by atoms with Gasteiger partial charge in [0.2, 0.25) is 0 Å². The number of hydrogen-bond donors (Lipinski definition) is 1. The summed E-state index contributed by atoms with van der Waals surface area (Å²) >= 11 is 3.63. The molecule has 1 aromatic rings. The Balaban J connectivity index is 2.17. The number of piperidine rings is 1. The van der Waals surface area contributed by atoms with Crippen molar-refractivity contribution in [3.05, 3.63) is 28.2 Å². The summed E-state index contributed by atoms with van der Waals surface area (Å²) in [5.41, 5.74) is 2.82. The van der Waals surface area contributed by atoms with Crippen molar-refractivity contribution in [2.75, 3.05) is 18.0 Å². The zero-order chi connectivity index (χ0) is 14.5. The first kappa shape index (κ1) is 15.8. The summed E-state index contributed by atoms with van der Waals surface area (Å²) in [5.74, 6) is 0.857. The van der Waals surface area contributed by atoms with Gasteiger partial charge in [0.15, 0.2) is 0 Å². The molecule has 20 heavy (non-hydrogen) atoms. The second-order valence-corrected chi connectivity index (χ2v) is 7.04. The minimum atomic E-state index is 0.637. The lowest BCUT2D eigenvalue weighted by molar-refractivity contribution is 0.377. The zero-order valence-corrected chi connectivity index (χ0v) is 14.5. The number of benzene rings is 1. The molecule has 2 rings (SSSR count). The zero-order valence-electron chi connectivity index (χ0n) is 13.0. The molecule has 1 fully saturated rings. The Hall–Kier alpha value is -0.540. The second kappa shape index (κ2) is 7.46. The fraction of sp³-hybridized carbons (Fsp3) is 0.647. The van der Waals surface area contributed by atoms with Gasteiger partial charge in [-0.3, -0.25) is 0 Å². The number of rotatable bonds is 5. The molecule has 3 heteroatoms. The molecule has 1 aliphatic heterocycles. The molecule has 0 aliphatic carbocycles. The average molecular weight is 339 g/mol. The topological polar surface area (TPSA) is 15.3 Å². The van der Waals surface area contributed by atoms with Gasteiger partial charge in [0.25, 0.3) is 0 Å². The quantitative estimate of drug-likeness (QED) is 0.791. The van der Waals surface area contributed by atoms with Crippen molar-refractivity contribution >= 4 is 21.6 Å². The first-order valence-electron chi connectivity index (χ1n) is 7.87. The van der Waals surface area contributed by atoms with Gasteiger partial charge in [0, 0.05) is 29.3 Å². The summed E-state index contributed by atoms with van der Waals surface area (Å²) < 4.78 is 1.18. The molecule has 0 bridgehead atoms. The van der Waals surface area contributed by atoms with E-state index in [0.717, 1.165) is 19.0 Å². The normalized spacial score (nSPS) is 23.1. The van der Waals surface area contributed by atoms with Crippen molar-refractivity contribution in [1.82, 2.24) is 5.32 Å². The van der Waals surface area contributed by atoms with Crippen LogP contribution in [-0.4, -0.2) is 19.1 Å². The maximum Gasteiger partial charge on any atom is 0.0425 e. The van der Waals surface area contributed by atoms with E-state index in [2.05, 4.69) is 65.1 Å². The van der Waals surface area contributed by atoms with E-state index in [1.165, 1.54) is 41.5 Å². The lowest BCUT2D eigenvalue weighted by Crippen LogP contribution is -2.41. The summed E-state index contributed by atoms with van der Waals surface area (Å²) in [5, 5.41) is 3.53. The Morgan fingerprint density at radius 3 is 2.85 bits per heavy atom. The van der Waals surface area contributed by atoms with Gasteiger partial charge in [-0.25, -0.2) is 0 Å². The highest BCUT2D eigenvalue weighted by Gasteiger charge is 2.24. The minimum absolute atomic E-state index is 0.637. The van der Waals surface area contributed by atoms with Crippen LogP contribution in [0.4, 0.5) is 5.69 Å². The first-order chi connectivity index (χ1) is 9.61. The van der Waals surface area contributed by atoms with Crippen LogP contribution in [0.3, 0.4) is 0 Å².